The molecular weight excluding hydrogens is 164 g/mol. The van der Waals surface area contributed by atoms with E-state index < -0.39 is 12.0 Å². The van der Waals surface area contributed by atoms with Crippen molar-refractivity contribution < 1.29 is 12.6 Å². The standard InChI is InChI=1S/C9H8O2.C2H6/c10-9(11)7-6-8-4-2-1-3-5-8;1-2/h1-7H,(H,10,11);1-2H3/b7-6+;/i6D,7D;. The van der Waals surface area contributed by atoms with E-state index in [9.17, 15) is 4.79 Å². The molecule has 0 spiro atoms. The Hall–Kier alpha value is -1.57. The van der Waals surface area contributed by atoms with Crippen LogP contribution in [0.25, 0.3) is 6.05 Å². The van der Waals surface area contributed by atoms with Gasteiger partial charge in [-0.1, -0.05) is 44.2 Å². The van der Waals surface area contributed by atoms with Crippen LogP contribution in [0.5, 0.6) is 0 Å². The molecule has 0 saturated carbocycles. The van der Waals surface area contributed by atoms with Gasteiger partial charge in [-0.3, -0.25) is 0 Å². The Kier molecular flexibility index (Phi) is 4.39. The quantitative estimate of drug-likeness (QED) is 0.710. The van der Waals surface area contributed by atoms with Crippen molar-refractivity contribution in [3.63, 3.8) is 0 Å². The molecule has 0 fully saturated rings. The summed E-state index contributed by atoms with van der Waals surface area (Å²) in [6, 6.07) is 7.39. The van der Waals surface area contributed by atoms with E-state index >= 15 is 0 Å². The van der Waals surface area contributed by atoms with E-state index in [1.807, 2.05) is 13.8 Å². The molecule has 0 saturated heterocycles. The molecule has 1 rings (SSSR count). The van der Waals surface area contributed by atoms with Crippen LogP contribution in [0.4, 0.5) is 0 Å². The van der Waals surface area contributed by atoms with Crippen molar-refractivity contribution in [3.05, 3.63) is 41.9 Å². The molecule has 0 atom stereocenters. The minimum atomic E-state index is -1.38. The van der Waals surface area contributed by atoms with Gasteiger partial charge in [0, 0.05) is 6.05 Å². The lowest BCUT2D eigenvalue weighted by Gasteiger charge is -1.87. The van der Waals surface area contributed by atoms with E-state index in [-0.39, 0.29) is 6.05 Å². The highest BCUT2D eigenvalue weighted by molar-refractivity contribution is 5.85. The maximum atomic E-state index is 10.3. The van der Waals surface area contributed by atoms with Gasteiger partial charge >= 0.3 is 5.97 Å². The van der Waals surface area contributed by atoms with E-state index in [0.717, 1.165) is 0 Å². The van der Waals surface area contributed by atoms with Crippen LogP contribution >= 0.6 is 0 Å². The molecule has 0 radical (unpaired) electrons. The smallest absolute Gasteiger partial charge is 0.328 e. The summed E-state index contributed by atoms with van der Waals surface area (Å²) in [6.45, 7) is 4.00. The molecule has 0 bridgehead atoms. The second-order valence-electron chi connectivity index (χ2n) is 1.92. The van der Waals surface area contributed by atoms with E-state index in [1.165, 1.54) is 0 Å². The molecule has 0 amide bonds. The van der Waals surface area contributed by atoms with Crippen LogP contribution in [-0.4, -0.2) is 11.1 Å². The lowest BCUT2D eigenvalue weighted by atomic mass is 10.2. The first-order chi connectivity index (χ1) is 7.13. The Bertz CT molecular complexity index is 345. The van der Waals surface area contributed by atoms with E-state index in [4.69, 9.17) is 7.85 Å². The van der Waals surface area contributed by atoms with Gasteiger partial charge in [-0.25, -0.2) is 4.79 Å². The van der Waals surface area contributed by atoms with Crippen LogP contribution in [0.1, 0.15) is 22.2 Å². The van der Waals surface area contributed by atoms with E-state index in [1.54, 1.807) is 30.3 Å². The molecule has 0 heterocycles. The summed E-state index contributed by atoms with van der Waals surface area (Å²) >= 11 is 0. The minimum absolute atomic E-state index is 0.270. The van der Waals surface area contributed by atoms with Crippen LogP contribution in [-0.2, 0) is 4.79 Å². The molecule has 0 aliphatic rings. The first-order valence-corrected chi connectivity index (χ1v) is 4.09. The largest absolute Gasteiger partial charge is 0.478 e. The topological polar surface area (TPSA) is 37.3 Å². The van der Waals surface area contributed by atoms with Gasteiger partial charge in [0.05, 0.1) is 2.74 Å². The summed E-state index contributed by atoms with van der Waals surface area (Å²) in [5.74, 6) is -1.38. The normalized spacial score (nSPS) is 12.8. The lowest BCUT2D eigenvalue weighted by molar-refractivity contribution is -0.131. The van der Waals surface area contributed by atoms with Crippen molar-refractivity contribution in [1.82, 2.24) is 0 Å². The molecule has 1 aromatic carbocycles. The van der Waals surface area contributed by atoms with Crippen LogP contribution in [0, 0.1) is 0 Å². The predicted molar refractivity (Wildman–Crippen MR) is 54.5 cm³/mol. The second-order valence-corrected chi connectivity index (χ2v) is 1.92. The number of carbonyl (C=O) groups is 1. The maximum Gasteiger partial charge on any atom is 0.328 e. The third-order valence-electron chi connectivity index (χ3n) is 1.09. The molecule has 13 heavy (non-hydrogen) atoms. The Labute approximate surface area is 81.3 Å². The van der Waals surface area contributed by atoms with Gasteiger partial charge in [-0.15, -0.1) is 0 Å². The first-order valence-electron chi connectivity index (χ1n) is 5.09. The molecular formula is C11H14O2. The fraction of sp³-hybridized carbons (Fsp3) is 0.182. The number of hydrogen-bond acceptors (Lipinski definition) is 1. The molecule has 70 valence electrons. The fourth-order valence-corrected chi connectivity index (χ4v) is 0.647. The third kappa shape index (κ3) is 5.67. The molecule has 0 aromatic heterocycles. The van der Waals surface area contributed by atoms with Gasteiger partial charge in [-0.2, -0.15) is 0 Å². The van der Waals surface area contributed by atoms with E-state index in [2.05, 4.69) is 0 Å². The Morgan fingerprint density at radius 2 is 1.92 bits per heavy atom. The van der Waals surface area contributed by atoms with E-state index in [0.29, 0.717) is 5.56 Å². The van der Waals surface area contributed by atoms with Crippen molar-refractivity contribution in [2.45, 2.75) is 13.8 Å². The molecule has 2 nitrogen and oxygen atoms in total. The molecule has 0 unspecified atom stereocenters. The van der Waals surface area contributed by atoms with Gasteiger partial charge in [0.2, 0.25) is 0 Å². The minimum Gasteiger partial charge on any atom is -0.478 e. The molecule has 1 N–H and O–H groups in total. The number of aliphatic carboxylic acids is 1. The Morgan fingerprint density at radius 1 is 1.38 bits per heavy atom. The summed E-state index contributed by atoms with van der Waals surface area (Å²) in [7, 11) is 0. The Morgan fingerprint density at radius 3 is 2.38 bits per heavy atom. The number of carboxylic acid groups (broad SMARTS) is 1. The monoisotopic (exact) mass is 180 g/mol. The number of rotatable bonds is 2. The fourth-order valence-electron chi connectivity index (χ4n) is 0.647. The average Bonchev–Trinajstić information content (AvgIpc) is 2.31. The third-order valence-corrected chi connectivity index (χ3v) is 1.09. The average molecular weight is 180 g/mol. The van der Waals surface area contributed by atoms with Gasteiger partial charge < -0.3 is 5.11 Å². The number of carboxylic acids is 1. The summed E-state index contributed by atoms with van der Waals surface area (Å²) in [5.41, 5.74) is 0.440. The van der Waals surface area contributed by atoms with Crippen LogP contribution < -0.4 is 0 Å². The summed E-state index contributed by atoms with van der Waals surface area (Å²) in [4.78, 5) is 10.3. The zero-order chi connectivity index (χ0) is 11.8. The predicted octanol–water partition coefficient (Wildman–Crippen LogP) is 2.81. The Balaban J connectivity index is 0.000000921. The SMILES string of the molecule is CC.[2H]/C(C(=O)O)=C(/[2H])c1ccccc1. The molecule has 0 aliphatic carbocycles. The zero-order valence-corrected chi connectivity index (χ0v) is 7.74. The summed E-state index contributed by atoms with van der Waals surface area (Å²) in [6.07, 6.45) is 0. The zero-order valence-electron chi connectivity index (χ0n) is 9.74. The number of benzene rings is 1. The van der Waals surface area contributed by atoms with Gasteiger partial charge in [0.15, 0.2) is 0 Å². The van der Waals surface area contributed by atoms with Crippen LogP contribution in [0.15, 0.2) is 36.4 Å². The maximum absolute atomic E-state index is 10.3. The van der Waals surface area contributed by atoms with Crippen LogP contribution in [0.2, 0.25) is 0 Å². The highest BCUT2D eigenvalue weighted by Gasteiger charge is 1.85. The van der Waals surface area contributed by atoms with Gasteiger partial charge in [-0.05, 0) is 11.6 Å². The van der Waals surface area contributed by atoms with Crippen LogP contribution in [0.3, 0.4) is 0 Å². The highest BCUT2D eigenvalue weighted by Crippen LogP contribution is 1.99. The van der Waals surface area contributed by atoms with Crippen molar-refractivity contribution in [2.24, 2.45) is 0 Å². The molecule has 0 aliphatic heterocycles. The van der Waals surface area contributed by atoms with Crippen molar-refractivity contribution in [1.29, 1.82) is 0 Å². The van der Waals surface area contributed by atoms with Crippen molar-refractivity contribution >= 4 is 12.0 Å². The molecule has 1 aromatic rings. The van der Waals surface area contributed by atoms with Crippen molar-refractivity contribution in [2.75, 3.05) is 0 Å². The highest BCUT2D eigenvalue weighted by atomic mass is 16.4. The van der Waals surface area contributed by atoms with Gasteiger partial charge in [0.25, 0.3) is 0 Å². The second kappa shape index (κ2) is 7.10. The lowest BCUT2D eigenvalue weighted by Crippen LogP contribution is -1.85. The summed E-state index contributed by atoms with van der Waals surface area (Å²) in [5, 5.41) is 8.45. The number of hydrogen-bond donors (Lipinski definition) is 1. The first kappa shape index (κ1) is 8.05. The summed E-state index contributed by atoms with van der Waals surface area (Å²) < 4.78 is 14.4. The van der Waals surface area contributed by atoms with Crippen molar-refractivity contribution in [3.8, 4) is 0 Å². The van der Waals surface area contributed by atoms with Gasteiger partial charge in [0.1, 0.15) is 0 Å². The molecule has 2 heteroatoms.